The molecular formula is C24H24N4O3. The molecule has 2 aromatic heterocycles. The number of carbonyl (C=O) groups is 1. The lowest BCUT2D eigenvalue weighted by Gasteiger charge is -2.13. The second-order valence-electron chi connectivity index (χ2n) is 7.97. The SMILES string of the molecule is COc1ccc(-c2cc(=O)n3c4ccccc4n(CC(=O)NC4CCCC4)c3n2)cc1. The van der Waals surface area contributed by atoms with Crippen molar-refractivity contribution in [1.29, 1.82) is 0 Å². The lowest BCUT2D eigenvalue weighted by Crippen LogP contribution is -2.35. The average molecular weight is 416 g/mol. The van der Waals surface area contributed by atoms with E-state index in [-0.39, 0.29) is 24.1 Å². The zero-order valence-electron chi connectivity index (χ0n) is 17.4. The lowest BCUT2D eigenvalue weighted by atomic mass is 10.1. The first-order chi connectivity index (χ1) is 15.1. The summed E-state index contributed by atoms with van der Waals surface area (Å²) in [4.78, 5) is 30.7. The molecule has 7 nitrogen and oxygen atoms in total. The molecule has 1 N–H and O–H groups in total. The van der Waals surface area contributed by atoms with Crippen molar-refractivity contribution in [2.24, 2.45) is 0 Å². The highest BCUT2D eigenvalue weighted by atomic mass is 16.5. The number of hydrogen-bond donors (Lipinski definition) is 1. The summed E-state index contributed by atoms with van der Waals surface area (Å²) in [5, 5.41) is 3.13. The van der Waals surface area contributed by atoms with Crippen LogP contribution in [0.4, 0.5) is 0 Å². The van der Waals surface area contributed by atoms with Gasteiger partial charge in [-0.3, -0.25) is 9.59 Å². The van der Waals surface area contributed by atoms with E-state index in [1.165, 1.54) is 6.07 Å². The largest absolute Gasteiger partial charge is 0.497 e. The van der Waals surface area contributed by atoms with Crippen molar-refractivity contribution in [1.82, 2.24) is 19.3 Å². The Hall–Kier alpha value is -3.61. The van der Waals surface area contributed by atoms with Gasteiger partial charge in [-0.15, -0.1) is 0 Å². The highest BCUT2D eigenvalue weighted by molar-refractivity contribution is 5.85. The Morgan fingerprint density at radius 2 is 1.81 bits per heavy atom. The highest BCUT2D eigenvalue weighted by Gasteiger charge is 2.20. The van der Waals surface area contributed by atoms with Gasteiger partial charge in [0.2, 0.25) is 11.7 Å². The molecule has 5 rings (SSSR count). The maximum absolute atomic E-state index is 13.1. The Morgan fingerprint density at radius 3 is 2.52 bits per heavy atom. The predicted molar refractivity (Wildman–Crippen MR) is 119 cm³/mol. The van der Waals surface area contributed by atoms with Gasteiger partial charge >= 0.3 is 0 Å². The fourth-order valence-electron chi connectivity index (χ4n) is 4.42. The third-order valence-electron chi connectivity index (χ3n) is 5.96. The minimum absolute atomic E-state index is 0.0562. The molecule has 0 spiro atoms. The molecule has 4 aromatic rings. The van der Waals surface area contributed by atoms with E-state index in [1.807, 2.05) is 53.1 Å². The maximum atomic E-state index is 13.1. The molecule has 0 unspecified atom stereocenters. The van der Waals surface area contributed by atoms with E-state index in [1.54, 1.807) is 11.5 Å². The molecule has 1 aliphatic rings. The van der Waals surface area contributed by atoms with Crippen LogP contribution in [0.2, 0.25) is 0 Å². The van der Waals surface area contributed by atoms with E-state index in [0.29, 0.717) is 11.5 Å². The smallest absolute Gasteiger partial charge is 0.260 e. The van der Waals surface area contributed by atoms with Crippen molar-refractivity contribution in [3.8, 4) is 17.0 Å². The molecule has 0 aliphatic heterocycles. The summed E-state index contributed by atoms with van der Waals surface area (Å²) in [6.07, 6.45) is 4.36. The van der Waals surface area contributed by atoms with E-state index in [0.717, 1.165) is 48.0 Å². The summed E-state index contributed by atoms with van der Waals surface area (Å²) in [6, 6.07) is 16.8. The van der Waals surface area contributed by atoms with E-state index in [4.69, 9.17) is 9.72 Å². The van der Waals surface area contributed by atoms with Gasteiger partial charge in [-0.2, -0.15) is 0 Å². The molecule has 0 radical (unpaired) electrons. The number of para-hydroxylation sites is 2. The van der Waals surface area contributed by atoms with Crippen molar-refractivity contribution in [3.05, 3.63) is 65.0 Å². The van der Waals surface area contributed by atoms with E-state index in [9.17, 15) is 9.59 Å². The number of imidazole rings is 1. The molecule has 0 saturated heterocycles. The topological polar surface area (TPSA) is 77.6 Å². The number of ether oxygens (including phenoxy) is 1. The van der Waals surface area contributed by atoms with Crippen molar-refractivity contribution in [2.75, 3.05) is 7.11 Å². The van der Waals surface area contributed by atoms with Crippen LogP contribution in [0.5, 0.6) is 5.75 Å². The number of benzene rings is 2. The minimum atomic E-state index is -0.179. The molecule has 2 heterocycles. The van der Waals surface area contributed by atoms with Crippen LogP contribution in [-0.4, -0.2) is 33.0 Å². The number of methoxy groups -OCH3 is 1. The molecule has 1 saturated carbocycles. The van der Waals surface area contributed by atoms with Crippen molar-refractivity contribution >= 4 is 22.7 Å². The van der Waals surface area contributed by atoms with Gasteiger partial charge in [-0.1, -0.05) is 25.0 Å². The van der Waals surface area contributed by atoms with Crippen molar-refractivity contribution in [3.63, 3.8) is 0 Å². The fraction of sp³-hybridized carbons (Fsp3) is 0.292. The van der Waals surface area contributed by atoms with Gasteiger partial charge in [0.15, 0.2) is 0 Å². The van der Waals surface area contributed by atoms with Crippen LogP contribution >= 0.6 is 0 Å². The van der Waals surface area contributed by atoms with Crippen LogP contribution in [0.3, 0.4) is 0 Å². The molecule has 158 valence electrons. The van der Waals surface area contributed by atoms with Gasteiger partial charge in [0.25, 0.3) is 5.56 Å². The molecule has 0 bridgehead atoms. The third-order valence-corrected chi connectivity index (χ3v) is 5.96. The van der Waals surface area contributed by atoms with Crippen LogP contribution in [0.1, 0.15) is 25.7 Å². The fourth-order valence-corrected chi connectivity index (χ4v) is 4.42. The zero-order valence-corrected chi connectivity index (χ0v) is 17.4. The Kier molecular flexibility index (Phi) is 4.94. The number of fused-ring (bicyclic) bond motifs is 3. The van der Waals surface area contributed by atoms with Crippen LogP contribution in [0, 0.1) is 0 Å². The Bertz CT molecular complexity index is 1310. The monoisotopic (exact) mass is 416 g/mol. The van der Waals surface area contributed by atoms with E-state index < -0.39 is 0 Å². The Labute approximate surface area is 179 Å². The Balaban J connectivity index is 1.62. The van der Waals surface area contributed by atoms with Crippen LogP contribution in [-0.2, 0) is 11.3 Å². The number of nitrogens with one attached hydrogen (secondary N) is 1. The van der Waals surface area contributed by atoms with E-state index in [2.05, 4.69) is 5.32 Å². The molecular weight excluding hydrogens is 392 g/mol. The predicted octanol–water partition coefficient (Wildman–Crippen LogP) is 3.38. The molecule has 1 aliphatic carbocycles. The summed E-state index contributed by atoms with van der Waals surface area (Å²) in [6.45, 7) is 0.117. The van der Waals surface area contributed by atoms with Crippen molar-refractivity contribution in [2.45, 2.75) is 38.3 Å². The molecule has 31 heavy (non-hydrogen) atoms. The van der Waals surface area contributed by atoms with Gasteiger partial charge in [-0.05, 0) is 49.2 Å². The number of rotatable bonds is 5. The van der Waals surface area contributed by atoms with Gasteiger partial charge < -0.3 is 14.6 Å². The standard InChI is InChI=1S/C24H24N4O3/c1-31-18-12-10-16(11-13-18)19-14-23(30)28-21-9-5-4-8-20(21)27(24(28)26-19)15-22(29)25-17-6-2-3-7-17/h4-5,8-14,17H,2-3,6-7,15H2,1H3,(H,25,29). The zero-order chi connectivity index (χ0) is 21.4. The number of amides is 1. The van der Waals surface area contributed by atoms with Crippen molar-refractivity contribution < 1.29 is 9.53 Å². The third kappa shape index (κ3) is 3.56. The molecule has 0 atom stereocenters. The first kappa shape index (κ1) is 19.4. The van der Waals surface area contributed by atoms with Crippen LogP contribution in [0.15, 0.2) is 59.4 Å². The quantitative estimate of drug-likeness (QED) is 0.541. The van der Waals surface area contributed by atoms with Gasteiger partial charge in [0.1, 0.15) is 12.3 Å². The number of nitrogens with zero attached hydrogens (tertiary/aromatic N) is 3. The van der Waals surface area contributed by atoms with Gasteiger partial charge in [-0.25, -0.2) is 9.38 Å². The minimum Gasteiger partial charge on any atom is -0.497 e. The first-order valence-electron chi connectivity index (χ1n) is 10.6. The molecule has 7 heteroatoms. The normalized spacial score (nSPS) is 14.4. The summed E-state index contributed by atoms with van der Waals surface area (Å²) in [5.41, 5.74) is 2.74. The summed E-state index contributed by atoms with van der Waals surface area (Å²) < 4.78 is 8.62. The Morgan fingerprint density at radius 1 is 1.10 bits per heavy atom. The maximum Gasteiger partial charge on any atom is 0.260 e. The average Bonchev–Trinajstić information content (AvgIpc) is 3.40. The van der Waals surface area contributed by atoms with E-state index >= 15 is 0 Å². The van der Waals surface area contributed by atoms with Gasteiger partial charge in [0, 0.05) is 17.7 Å². The van der Waals surface area contributed by atoms with Gasteiger partial charge in [0.05, 0.1) is 23.8 Å². The van der Waals surface area contributed by atoms with Crippen LogP contribution in [0.25, 0.3) is 28.1 Å². The number of aromatic nitrogens is 3. The highest BCUT2D eigenvalue weighted by Crippen LogP contribution is 2.24. The lowest BCUT2D eigenvalue weighted by molar-refractivity contribution is -0.122. The van der Waals surface area contributed by atoms with Crippen LogP contribution < -0.4 is 15.6 Å². The molecule has 1 amide bonds. The summed E-state index contributed by atoms with van der Waals surface area (Å²) in [5.74, 6) is 1.14. The number of hydrogen-bond acceptors (Lipinski definition) is 4. The molecule has 2 aromatic carbocycles. The number of carbonyl (C=O) groups excluding carboxylic acids is 1. The second kappa shape index (κ2) is 7.91. The summed E-state index contributed by atoms with van der Waals surface area (Å²) in [7, 11) is 1.61. The first-order valence-corrected chi connectivity index (χ1v) is 10.6. The molecule has 1 fully saturated rings. The second-order valence-corrected chi connectivity index (χ2v) is 7.97. The summed E-state index contributed by atoms with van der Waals surface area (Å²) >= 11 is 0.